The van der Waals surface area contributed by atoms with Crippen molar-refractivity contribution < 1.29 is 6.53 Å². The minimum absolute atomic E-state index is 0. The second-order valence-corrected chi connectivity index (χ2v) is 8.73. The van der Waals surface area contributed by atoms with Gasteiger partial charge in [0.2, 0.25) is 5.95 Å². The molecule has 2 atom stereocenters. The van der Waals surface area contributed by atoms with Crippen molar-refractivity contribution in [3.05, 3.63) is 47.8 Å². The van der Waals surface area contributed by atoms with Crippen LogP contribution < -0.4 is 10.6 Å². The number of aliphatic hydroxyl groups excluding tert-OH is 1. The van der Waals surface area contributed by atoms with Gasteiger partial charge in [-0.3, -0.25) is 0 Å². The Morgan fingerprint density at radius 3 is 2.97 bits per heavy atom. The van der Waals surface area contributed by atoms with Crippen molar-refractivity contribution in [3.63, 3.8) is 0 Å². The Labute approximate surface area is 178 Å². The van der Waals surface area contributed by atoms with Crippen molar-refractivity contribution >= 4 is 22.7 Å². The molecule has 0 aliphatic heterocycles. The number of hydrogen-bond acceptors (Lipinski definition) is 6. The zero-order valence-electron chi connectivity index (χ0n) is 17.4. The smallest absolute Gasteiger partial charge is 0.224 e. The number of para-hydroxylation sites is 1. The number of aliphatic hydroxyl groups is 1. The number of anilines is 2. The van der Waals surface area contributed by atoms with Crippen LogP contribution in [0.5, 0.6) is 0 Å². The lowest BCUT2D eigenvalue weighted by Gasteiger charge is -2.40. The van der Waals surface area contributed by atoms with E-state index in [4.69, 9.17) is 0 Å². The highest BCUT2D eigenvalue weighted by atomic mass is 16.3. The molecule has 2 aromatic heterocycles. The maximum Gasteiger partial charge on any atom is 0.224 e. The quantitative estimate of drug-likeness (QED) is 0.491. The minimum Gasteiger partial charge on any atom is -0.393 e. The predicted molar refractivity (Wildman–Crippen MR) is 120 cm³/mol. The summed E-state index contributed by atoms with van der Waals surface area (Å²) >= 11 is 0. The van der Waals surface area contributed by atoms with Gasteiger partial charge in [0, 0.05) is 31.1 Å². The molecular weight excluding hydrogens is 376 g/mol. The number of aromatic nitrogens is 3. The Hall–Kier alpha value is -3.11. The molecule has 7 heteroatoms. The van der Waals surface area contributed by atoms with Gasteiger partial charge in [0.15, 0.2) is 0 Å². The van der Waals surface area contributed by atoms with E-state index < -0.39 is 0 Å². The lowest BCUT2D eigenvalue weighted by atomic mass is 9.73. The summed E-state index contributed by atoms with van der Waals surface area (Å²) < 4.78 is 0. The highest BCUT2D eigenvalue weighted by molar-refractivity contribution is 5.83. The Kier molecular flexibility index (Phi) is 5.60. The van der Waals surface area contributed by atoms with Crippen molar-refractivity contribution in [1.82, 2.24) is 15.0 Å². The lowest BCUT2D eigenvalue weighted by molar-refractivity contribution is 0.00926. The first-order valence-electron chi connectivity index (χ1n) is 10.5. The van der Waals surface area contributed by atoms with Crippen LogP contribution in [-0.2, 0) is 6.42 Å². The van der Waals surface area contributed by atoms with Crippen LogP contribution in [0.2, 0.25) is 0 Å². The van der Waals surface area contributed by atoms with Crippen LogP contribution >= 0.6 is 0 Å². The number of rotatable bonds is 6. The van der Waals surface area contributed by atoms with Gasteiger partial charge in [-0.25, -0.2) is 4.98 Å². The molecule has 0 bridgehead atoms. The number of benzene rings is 1. The first-order valence-corrected chi connectivity index (χ1v) is 10.5. The number of H-pyrrole nitrogens is 1. The van der Waals surface area contributed by atoms with Crippen LogP contribution in [0, 0.1) is 16.7 Å². The van der Waals surface area contributed by atoms with Gasteiger partial charge < -0.3 is 20.7 Å². The standard InChI is InChI=1S/C23H28N6O.H2/c1-23(2)11-17(7-8-20(23)30)28-21-16(12-24)14-27-22(29-21)25-10-9-15-13-26-19-6-4-3-5-18(15)19;/h3-6,13-14,17,20,26,30H,7-11H2,1-2H3,(H2,25,27,28,29);1H/t17-,20+;/m1./s1. The summed E-state index contributed by atoms with van der Waals surface area (Å²) in [5.74, 6) is 1.06. The van der Waals surface area contributed by atoms with E-state index in [0.717, 1.165) is 31.2 Å². The van der Waals surface area contributed by atoms with Gasteiger partial charge >= 0.3 is 0 Å². The fraction of sp³-hybridized carbons (Fsp3) is 0.435. The number of aromatic amines is 1. The van der Waals surface area contributed by atoms with Crippen LogP contribution in [0.1, 0.15) is 45.7 Å². The molecule has 4 N–H and O–H groups in total. The second kappa shape index (κ2) is 8.33. The predicted octanol–water partition coefficient (Wildman–Crippen LogP) is 4.08. The molecule has 1 aliphatic rings. The molecule has 7 nitrogen and oxygen atoms in total. The molecule has 1 fully saturated rings. The van der Waals surface area contributed by atoms with Gasteiger partial charge in [0.05, 0.1) is 12.3 Å². The summed E-state index contributed by atoms with van der Waals surface area (Å²) in [6, 6.07) is 10.6. The largest absolute Gasteiger partial charge is 0.393 e. The topological polar surface area (TPSA) is 110 Å². The van der Waals surface area contributed by atoms with Crippen LogP contribution in [0.3, 0.4) is 0 Å². The highest BCUT2D eigenvalue weighted by Crippen LogP contribution is 2.37. The van der Waals surface area contributed by atoms with Crippen LogP contribution in [0.15, 0.2) is 36.7 Å². The van der Waals surface area contributed by atoms with Gasteiger partial charge in [0.1, 0.15) is 17.5 Å². The van der Waals surface area contributed by atoms with E-state index in [0.29, 0.717) is 23.9 Å². The fourth-order valence-electron chi connectivity index (χ4n) is 4.25. The molecule has 2 heterocycles. The highest BCUT2D eigenvalue weighted by Gasteiger charge is 2.35. The molecular formula is C23H30N6O. The molecule has 3 aromatic rings. The first-order chi connectivity index (χ1) is 14.5. The van der Waals surface area contributed by atoms with Gasteiger partial charge in [-0.05, 0) is 42.7 Å². The van der Waals surface area contributed by atoms with Gasteiger partial charge in [-0.15, -0.1) is 0 Å². The number of hydrogen-bond donors (Lipinski definition) is 4. The average molecular weight is 407 g/mol. The number of nitrogens with one attached hydrogen (secondary N) is 3. The molecule has 1 saturated carbocycles. The lowest BCUT2D eigenvalue weighted by Crippen LogP contribution is -2.41. The Morgan fingerprint density at radius 1 is 1.33 bits per heavy atom. The summed E-state index contributed by atoms with van der Waals surface area (Å²) in [5.41, 5.74) is 2.65. The van der Waals surface area contributed by atoms with E-state index in [2.05, 4.69) is 57.6 Å². The third-order valence-corrected chi connectivity index (χ3v) is 6.07. The molecule has 4 rings (SSSR count). The third kappa shape index (κ3) is 4.24. The minimum atomic E-state index is -0.293. The van der Waals surface area contributed by atoms with Gasteiger partial charge in [-0.1, -0.05) is 32.0 Å². The maximum atomic E-state index is 10.2. The van der Waals surface area contributed by atoms with Crippen LogP contribution in [0.25, 0.3) is 10.9 Å². The molecule has 1 aliphatic carbocycles. The summed E-state index contributed by atoms with van der Waals surface area (Å²) in [5, 5.41) is 27.6. The van der Waals surface area contributed by atoms with E-state index in [9.17, 15) is 10.4 Å². The summed E-state index contributed by atoms with van der Waals surface area (Å²) in [7, 11) is 0. The third-order valence-electron chi connectivity index (χ3n) is 6.07. The summed E-state index contributed by atoms with van der Waals surface area (Å²) in [4.78, 5) is 12.1. The van der Waals surface area contributed by atoms with E-state index in [1.54, 1.807) is 6.20 Å². The molecule has 1 aromatic carbocycles. The molecule has 158 valence electrons. The average Bonchev–Trinajstić information content (AvgIpc) is 3.14. The Balaban J connectivity index is 0.00000272. The first kappa shape index (κ1) is 20.2. The summed E-state index contributed by atoms with van der Waals surface area (Å²) in [6.45, 7) is 4.85. The van der Waals surface area contributed by atoms with E-state index in [1.807, 2.05) is 18.3 Å². The van der Waals surface area contributed by atoms with Gasteiger partial charge in [-0.2, -0.15) is 10.2 Å². The monoisotopic (exact) mass is 406 g/mol. The maximum absolute atomic E-state index is 10.2. The Bertz CT molecular complexity index is 1070. The molecule has 0 amide bonds. The zero-order chi connectivity index (χ0) is 21.1. The fourth-order valence-corrected chi connectivity index (χ4v) is 4.25. The molecule has 0 radical (unpaired) electrons. The van der Waals surface area contributed by atoms with Crippen molar-refractivity contribution in [2.45, 2.75) is 51.7 Å². The molecule has 0 unspecified atom stereocenters. The normalized spacial score (nSPS) is 20.6. The SMILES string of the molecule is CC1(C)C[C@H](Nc2nc(NCCc3c[nH]c4ccccc34)ncc2C#N)CC[C@@H]1O.[HH]. The van der Waals surface area contributed by atoms with Crippen molar-refractivity contribution in [1.29, 1.82) is 5.26 Å². The van der Waals surface area contributed by atoms with E-state index in [-0.39, 0.29) is 19.0 Å². The summed E-state index contributed by atoms with van der Waals surface area (Å²) in [6.07, 6.45) is 6.57. The molecule has 0 saturated heterocycles. The molecule has 30 heavy (non-hydrogen) atoms. The van der Waals surface area contributed by atoms with Gasteiger partial charge in [0.25, 0.3) is 0 Å². The Morgan fingerprint density at radius 2 is 2.17 bits per heavy atom. The van der Waals surface area contributed by atoms with Crippen molar-refractivity contribution in [3.8, 4) is 6.07 Å². The molecule has 0 spiro atoms. The van der Waals surface area contributed by atoms with E-state index in [1.165, 1.54) is 10.9 Å². The van der Waals surface area contributed by atoms with Crippen LogP contribution in [0.4, 0.5) is 11.8 Å². The zero-order valence-corrected chi connectivity index (χ0v) is 17.4. The van der Waals surface area contributed by atoms with E-state index >= 15 is 0 Å². The number of fused-ring (bicyclic) bond motifs is 1. The second-order valence-electron chi connectivity index (χ2n) is 8.73. The van der Waals surface area contributed by atoms with Crippen LogP contribution in [-0.4, -0.2) is 38.7 Å². The van der Waals surface area contributed by atoms with Crippen molar-refractivity contribution in [2.75, 3.05) is 17.2 Å². The number of nitrogens with zero attached hydrogens (tertiary/aromatic N) is 3. The number of nitriles is 1. The van der Waals surface area contributed by atoms with Crippen molar-refractivity contribution in [2.24, 2.45) is 5.41 Å².